The number of aromatic hydroxyl groups is 1. The lowest BCUT2D eigenvalue weighted by Crippen LogP contribution is -2.23. The third-order valence-corrected chi connectivity index (χ3v) is 1.82. The number of aliphatic hydroxyl groups is 1. The minimum atomic E-state index is -0.654. The minimum absolute atomic E-state index is 0.130. The SMILES string of the molecule is C[C@@H](O)[C@@H](N)c1ccccc1O. The maximum Gasteiger partial charge on any atom is 0.120 e. The summed E-state index contributed by atoms with van der Waals surface area (Å²) in [7, 11) is 0. The molecule has 1 aromatic rings. The van der Waals surface area contributed by atoms with Crippen LogP contribution in [-0.2, 0) is 0 Å². The molecule has 1 aromatic carbocycles. The van der Waals surface area contributed by atoms with Crippen molar-refractivity contribution in [2.75, 3.05) is 0 Å². The molecular formula is C9H13NO2. The van der Waals surface area contributed by atoms with E-state index in [9.17, 15) is 5.11 Å². The summed E-state index contributed by atoms with van der Waals surface area (Å²) in [5.41, 5.74) is 6.20. The first-order valence-electron chi connectivity index (χ1n) is 3.84. The molecule has 66 valence electrons. The minimum Gasteiger partial charge on any atom is -0.508 e. The third-order valence-electron chi connectivity index (χ3n) is 1.82. The number of rotatable bonds is 2. The van der Waals surface area contributed by atoms with E-state index in [2.05, 4.69) is 0 Å². The zero-order valence-electron chi connectivity index (χ0n) is 6.94. The number of hydrogen-bond donors (Lipinski definition) is 3. The third kappa shape index (κ3) is 1.75. The summed E-state index contributed by atoms with van der Waals surface area (Å²) in [6.07, 6.45) is -0.654. The molecule has 0 saturated heterocycles. The highest BCUT2D eigenvalue weighted by Crippen LogP contribution is 2.23. The molecular weight excluding hydrogens is 154 g/mol. The van der Waals surface area contributed by atoms with Gasteiger partial charge < -0.3 is 15.9 Å². The van der Waals surface area contributed by atoms with Crippen molar-refractivity contribution in [3.63, 3.8) is 0 Å². The lowest BCUT2D eigenvalue weighted by atomic mass is 10.0. The fourth-order valence-electron chi connectivity index (χ4n) is 1.03. The predicted octanol–water partition coefficient (Wildman–Crippen LogP) is 0.773. The first-order valence-corrected chi connectivity index (χ1v) is 3.84. The Morgan fingerprint density at radius 3 is 2.42 bits per heavy atom. The molecule has 0 spiro atoms. The Hall–Kier alpha value is -1.06. The Morgan fingerprint density at radius 2 is 1.92 bits per heavy atom. The van der Waals surface area contributed by atoms with Crippen molar-refractivity contribution < 1.29 is 10.2 Å². The molecule has 12 heavy (non-hydrogen) atoms. The van der Waals surface area contributed by atoms with Crippen molar-refractivity contribution in [3.05, 3.63) is 29.8 Å². The highest BCUT2D eigenvalue weighted by atomic mass is 16.3. The lowest BCUT2D eigenvalue weighted by molar-refractivity contribution is 0.163. The van der Waals surface area contributed by atoms with Crippen molar-refractivity contribution in [1.29, 1.82) is 0 Å². The molecule has 0 amide bonds. The Balaban J connectivity index is 2.94. The smallest absolute Gasteiger partial charge is 0.120 e. The van der Waals surface area contributed by atoms with E-state index in [0.29, 0.717) is 5.56 Å². The summed E-state index contributed by atoms with van der Waals surface area (Å²) in [5, 5.41) is 18.5. The molecule has 0 unspecified atom stereocenters. The molecule has 0 aliphatic rings. The quantitative estimate of drug-likeness (QED) is 0.609. The summed E-state index contributed by atoms with van der Waals surface area (Å²) in [6, 6.07) is 6.22. The largest absolute Gasteiger partial charge is 0.508 e. The van der Waals surface area contributed by atoms with E-state index < -0.39 is 12.1 Å². The molecule has 4 N–H and O–H groups in total. The highest BCUT2D eigenvalue weighted by molar-refractivity contribution is 5.34. The van der Waals surface area contributed by atoms with Gasteiger partial charge in [0.15, 0.2) is 0 Å². The van der Waals surface area contributed by atoms with Crippen LogP contribution in [0.25, 0.3) is 0 Å². The van der Waals surface area contributed by atoms with Gasteiger partial charge in [0.1, 0.15) is 5.75 Å². The van der Waals surface area contributed by atoms with E-state index in [-0.39, 0.29) is 5.75 Å². The van der Waals surface area contributed by atoms with Gasteiger partial charge in [-0.2, -0.15) is 0 Å². The van der Waals surface area contributed by atoms with Crippen LogP contribution in [0.4, 0.5) is 0 Å². The van der Waals surface area contributed by atoms with Gasteiger partial charge in [0.05, 0.1) is 12.1 Å². The fraction of sp³-hybridized carbons (Fsp3) is 0.333. The van der Waals surface area contributed by atoms with Crippen LogP contribution in [0.2, 0.25) is 0 Å². The summed E-state index contributed by atoms with van der Waals surface area (Å²) in [6.45, 7) is 1.59. The zero-order valence-corrected chi connectivity index (χ0v) is 6.94. The second-order valence-electron chi connectivity index (χ2n) is 2.83. The Bertz CT molecular complexity index is 260. The van der Waals surface area contributed by atoms with Gasteiger partial charge in [-0.1, -0.05) is 18.2 Å². The van der Waals surface area contributed by atoms with Crippen molar-refractivity contribution in [2.24, 2.45) is 5.73 Å². The Kier molecular flexibility index (Phi) is 2.68. The number of phenols is 1. The van der Waals surface area contributed by atoms with Gasteiger partial charge in [0, 0.05) is 5.56 Å². The average molecular weight is 167 g/mol. The number of phenolic OH excluding ortho intramolecular Hbond substituents is 1. The first kappa shape index (κ1) is 9.03. The van der Waals surface area contributed by atoms with Gasteiger partial charge in [0.25, 0.3) is 0 Å². The van der Waals surface area contributed by atoms with E-state index in [1.165, 1.54) is 0 Å². The first-order chi connectivity index (χ1) is 5.63. The molecule has 3 nitrogen and oxygen atoms in total. The second-order valence-corrected chi connectivity index (χ2v) is 2.83. The summed E-state index contributed by atoms with van der Waals surface area (Å²) < 4.78 is 0. The molecule has 0 heterocycles. The molecule has 1 rings (SSSR count). The molecule has 0 radical (unpaired) electrons. The van der Waals surface area contributed by atoms with Gasteiger partial charge in [-0.25, -0.2) is 0 Å². The highest BCUT2D eigenvalue weighted by Gasteiger charge is 2.14. The van der Waals surface area contributed by atoms with Crippen LogP contribution >= 0.6 is 0 Å². The topological polar surface area (TPSA) is 66.5 Å². The molecule has 3 heteroatoms. The van der Waals surface area contributed by atoms with Crippen LogP contribution in [0.15, 0.2) is 24.3 Å². The van der Waals surface area contributed by atoms with Crippen molar-refractivity contribution in [1.82, 2.24) is 0 Å². The number of hydrogen-bond acceptors (Lipinski definition) is 3. The monoisotopic (exact) mass is 167 g/mol. The molecule has 0 saturated carbocycles. The Morgan fingerprint density at radius 1 is 1.33 bits per heavy atom. The van der Waals surface area contributed by atoms with Gasteiger partial charge in [-0.15, -0.1) is 0 Å². The van der Waals surface area contributed by atoms with Crippen LogP contribution < -0.4 is 5.73 Å². The van der Waals surface area contributed by atoms with Crippen LogP contribution in [0.5, 0.6) is 5.75 Å². The average Bonchev–Trinajstić information content (AvgIpc) is 2.04. The van der Waals surface area contributed by atoms with Crippen LogP contribution in [-0.4, -0.2) is 16.3 Å². The van der Waals surface area contributed by atoms with E-state index in [0.717, 1.165) is 0 Å². The molecule has 0 aromatic heterocycles. The molecule has 0 bridgehead atoms. The predicted molar refractivity (Wildman–Crippen MR) is 46.7 cm³/mol. The summed E-state index contributed by atoms with van der Waals surface area (Å²) in [5.74, 6) is 0.130. The van der Waals surface area contributed by atoms with E-state index in [1.54, 1.807) is 31.2 Å². The van der Waals surface area contributed by atoms with E-state index in [1.807, 2.05) is 0 Å². The normalized spacial score (nSPS) is 15.6. The summed E-state index contributed by atoms with van der Waals surface area (Å²) >= 11 is 0. The number of benzene rings is 1. The standard InChI is InChI=1S/C9H13NO2/c1-6(11)9(10)7-4-2-3-5-8(7)12/h2-6,9,11-12H,10H2,1H3/t6-,9-/m1/s1. The number of aliphatic hydroxyl groups excluding tert-OH is 1. The van der Waals surface area contributed by atoms with Crippen molar-refractivity contribution in [3.8, 4) is 5.75 Å². The van der Waals surface area contributed by atoms with Gasteiger partial charge in [0.2, 0.25) is 0 Å². The summed E-state index contributed by atoms with van der Waals surface area (Å²) in [4.78, 5) is 0. The van der Waals surface area contributed by atoms with Gasteiger partial charge in [-0.3, -0.25) is 0 Å². The fourth-order valence-corrected chi connectivity index (χ4v) is 1.03. The maximum absolute atomic E-state index is 9.34. The van der Waals surface area contributed by atoms with Crippen molar-refractivity contribution >= 4 is 0 Å². The van der Waals surface area contributed by atoms with Crippen LogP contribution in [0.3, 0.4) is 0 Å². The second kappa shape index (κ2) is 3.56. The van der Waals surface area contributed by atoms with Crippen molar-refractivity contribution in [2.45, 2.75) is 19.1 Å². The van der Waals surface area contributed by atoms with E-state index in [4.69, 9.17) is 10.8 Å². The van der Waals surface area contributed by atoms with Crippen LogP contribution in [0.1, 0.15) is 18.5 Å². The number of nitrogens with two attached hydrogens (primary N) is 1. The molecule has 0 aliphatic carbocycles. The lowest BCUT2D eigenvalue weighted by Gasteiger charge is -2.15. The molecule has 2 atom stereocenters. The molecule has 0 aliphatic heterocycles. The van der Waals surface area contributed by atoms with Gasteiger partial charge in [-0.05, 0) is 13.0 Å². The number of para-hydroxylation sites is 1. The van der Waals surface area contributed by atoms with E-state index >= 15 is 0 Å². The zero-order chi connectivity index (χ0) is 9.14. The van der Waals surface area contributed by atoms with Crippen LogP contribution in [0, 0.1) is 0 Å². The maximum atomic E-state index is 9.34. The molecule has 0 fully saturated rings. The van der Waals surface area contributed by atoms with Gasteiger partial charge >= 0.3 is 0 Å². The Labute approximate surface area is 71.5 Å².